The molecule has 1 aromatic heterocycles. The van der Waals surface area contributed by atoms with Gasteiger partial charge in [0.15, 0.2) is 0 Å². The molecule has 1 saturated heterocycles. The molecular weight excluding hydrogens is 334 g/mol. The fraction of sp³-hybridized carbons (Fsp3) is 0.556. The fourth-order valence-corrected chi connectivity index (χ4v) is 4.14. The molecule has 2 atom stereocenters. The number of rotatable bonds is 5. The van der Waals surface area contributed by atoms with E-state index in [0.29, 0.717) is 11.2 Å². The Hall–Kier alpha value is -1.89. The lowest BCUT2D eigenvalue weighted by Gasteiger charge is -2.36. The van der Waals surface area contributed by atoms with Crippen LogP contribution in [0.4, 0.5) is 0 Å². The van der Waals surface area contributed by atoms with Crippen molar-refractivity contribution < 1.29 is 4.79 Å². The van der Waals surface area contributed by atoms with Gasteiger partial charge in [-0.2, -0.15) is 4.68 Å². The molecular formula is C18H25N5OS. The van der Waals surface area contributed by atoms with Gasteiger partial charge in [0, 0.05) is 12.6 Å². The zero-order valence-electron chi connectivity index (χ0n) is 15.1. The van der Waals surface area contributed by atoms with Gasteiger partial charge in [-0.25, -0.2) is 0 Å². The molecule has 1 amide bonds. The molecule has 1 aliphatic rings. The third kappa shape index (κ3) is 4.03. The number of amides is 1. The summed E-state index contributed by atoms with van der Waals surface area (Å²) in [7, 11) is 0. The maximum atomic E-state index is 12.9. The Kier molecular flexibility index (Phi) is 5.73. The van der Waals surface area contributed by atoms with Gasteiger partial charge in [-0.15, -0.1) is 5.10 Å². The third-order valence-corrected chi connectivity index (χ3v) is 5.75. The molecule has 0 saturated carbocycles. The number of tetrazole rings is 1. The van der Waals surface area contributed by atoms with Gasteiger partial charge in [0.1, 0.15) is 0 Å². The molecule has 1 aliphatic heterocycles. The largest absolute Gasteiger partial charge is 0.339 e. The van der Waals surface area contributed by atoms with Crippen LogP contribution in [0.5, 0.6) is 0 Å². The van der Waals surface area contributed by atoms with E-state index in [1.165, 1.54) is 23.7 Å². The van der Waals surface area contributed by atoms with Gasteiger partial charge in [-0.3, -0.25) is 4.79 Å². The highest BCUT2D eigenvalue weighted by Crippen LogP contribution is 2.27. The lowest BCUT2D eigenvalue weighted by molar-refractivity contribution is -0.134. The maximum Gasteiger partial charge on any atom is 0.236 e. The summed E-state index contributed by atoms with van der Waals surface area (Å²) in [5.41, 5.74) is 2.09. The average Bonchev–Trinajstić information content (AvgIpc) is 3.09. The van der Waals surface area contributed by atoms with E-state index in [4.69, 9.17) is 0 Å². The third-order valence-electron chi connectivity index (χ3n) is 4.73. The number of hydrogen-bond acceptors (Lipinski definition) is 5. The Morgan fingerprint density at radius 2 is 2.08 bits per heavy atom. The highest BCUT2D eigenvalue weighted by molar-refractivity contribution is 8.00. The van der Waals surface area contributed by atoms with Gasteiger partial charge in [-0.1, -0.05) is 36.4 Å². The molecule has 0 bridgehead atoms. The first-order valence-electron chi connectivity index (χ1n) is 8.92. The Bertz CT molecular complexity index is 715. The van der Waals surface area contributed by atoms with Crippen molar-refractivity contribution in [3.8, 4) is 5.69 Å². The SMILES string of the molecule is CCC1CCCCN1C(=O)C(C)Sc1nnnn1-c1ccc(C)cc1. The average molecular weight is 359 g/mol. The predicted molar refractivity (Wildman–Crippen MR) is 98.9 cm³/mol. The molecule has 0 spiro atoms. The van der Waals surface area contributed by atoms with E-state index in [-0.39, 0.29) is 11.2 Å². The zero-order valence-corrected chi connectivity index (χ0v) is 15.9. The molecule has 134 valence electrons. The van der Waals surface area contributed by atoms with Crippen LogP contribution in [0.25, 0.3) is 5.69 Å². The number of hydrogen-bond donors (Lipinski definition) is 0. The van der Waals surface area contributed by atoms with Crippen LogP contribution in [-0.4, -0.2) is 48.9 Å². The van der Waals surface area contributed by atoms with Crippen LogP contribution in [0.15, 0.2) is 29.4 Å². The molecule has 2 unspecified atom stereocenters. The molecule has 25 heavy (non-hydrogen) atoms. The number of carbonyl (C=O) groups excluding carboxylic acids is 1. The predicted octanol–water partition coefficient (Wildman–Crippen LogP) is 3.24. The van der Waals surface area contributed by atoms with Crippen LogP contribution < -0.4 is 0 Å². The minimum absolute atomic E-state index is 0.190. The Balaban J connectivity index is 1.73. The normalized spacial score (nSPS) is 19.0. The zero-order chi connectivity index (χ0) is 17.8. The first-order chi connectivity index (χ1) is 12.1. The van der Waals surface area contributed by atoms with E-state index in [2.05, 4.69) is 27.3 Å². The standard InChI is InChI=1S/C18H25N5OS/c1-4-15-7-5-6-12-22(15)17(24)14(3)25-18-19-20-21-23(18)16-10-8-13(2)9-11-16/h8-11,14-15H,4-7,12H2,1-3H3. The molecule has 0 aliphatic carbocycles. The van der Waals surface area contributed by atoms with Crippen molar-refractivity contribution in [1.29, 1.82) is 0 Å². The van der Waals surface area contributed by atoms with Crippen molar-refractivity contribution in [3.05, 3.63) is 29.8 Å². The number of aryl methyl sites for hydroxylation is 1. The van der Waals surface area contributed by atoms with E-state index in [1.807, 2.05) is 38.1 Å². The van der Waals surface area contributed by atoms with Gasteiger partial charge in [0.2, 0.25) is 11.1 Å². The molecule has 1 aromatic carbocycles. The van der Waals surface area contributed by atoms with E-state index in [1.54, 1.807) is 4.68 Å². The van der Waals surface area contributed by atoms with Crippen LogP contribution >= 0.6 is 11.8 Å². The minimum atomic E-state index is -0.206. The van der Waals surface area contributed by atoms with E-state index < -0.39 is 0 Å². The first-order valence-corrected chi connectivity index (χ1v) is 9.80. The number of nitrogens with zero attached hydrogens (tertiary/aromatic N) is 5. The van der Waals surface area contributed by atoms with Crippen LogP contribution in [0.1, 0.15) is 45.1 Å². The molecule has 1 fully saturated rings. The van der Waals surface area contributed by atoms with E-state index >= 15 is 0 Å². The van der Waals surface area contributed by atoms with Crippen LogP contribution in [0, 0.1) is 6.92 Å². The summed E-state index contributed by atoms with van der Waals surface area (Å²) in [5, 5.41) is 12.4. The van der Waals surface area contributed by atoms with Gasteiger partial charge in [0.05, 0.1) is 10.9 Å². The number of carbonyl (C=O) groups is 1. The smallest absolute Gasteiger partial charge is 0.236 e. The van der Waals surface area contributed by atoms with E-state index in [0.717, 1.165) is 31.5 Å². The number of likely N-dealkylation sites (tertiary alicyclic amines) is 1. The van der Waals surface area contributed by atoms with Crippen LogP contribution in [0.3, 0.4) is 0 Å². The van der Waals surface area contributed by atoms with Crippen LogP contribution in [-0.2, 0) is 4.79 Å². The molecule has 7 heteroatoms. The number of benzene rings is 1. The molecule has 0 radical (unpaired) electrons. The lowest BCUT2D eigenvalue weighted by Crippen LogP contribution is -2.46. The topological polar surface area (TPSA) is 63.9 Å². The van der Waals surface area contributed by atoms with Crippen molar-refractivity contribution in [2.45, 2.75) is 62.9 Å². The summed E-state index contributed by atoms with van der Waals surface area (Å²) in [6, 6.07) is 8.40. The number of piperidine rings is 1. The summed E-state index contributed by atoms with van der Waals surface area (Å²) in [6.45, 7) is 7.02. The molecule has 6 nitrogen and oxygen atoms in total. The summed E-state index contributed by atoms with van der Waals surface area (Å²) < 4.78 is 1.70. The maximum absolute atomic E-state index is 12.9. The fourth-order valence-electron chi connectivity index (χ4n) is 3.26. The second-order valence-corrected chi connectivity index (χ2v) is 7.87. The summed E-state index contributed by atoms with van der Waals surface area (Å²) in [5.74, 6) is 0.190. The summed E-state index contributed by atoms with van der Waals surface area (Å²) >= 11 is 1.43. The van der Waals surface area contributed by atoms with Crippen molar-refractivity contribution >= 4 is 17.7 Å². The van der Waals surface area contributed by atoms with Crippen molar-refractivity contribution in [1.82, 2.24) is 25.1 Å². The molecule has 0 N–H and O–H groups in total. The quantitative estimate of drug-likeness (QED) is 0.767. The van der Waals surface area contributed by atoms with Gasteiger partial charge in [-0.05, 0) is 62.1 Å². The molecule has 2 heterocycles. The first kappa shape index (κ1) is 17.9. The van der Waals surface area contributed by atoms with E-state index in [9.17, 15) is 4.79 Å². The van der Waals surface area contributed by atoms with Crippen molar-refractivity contribution in [2.75, 3.05) is 6.54 Å². The van der Waals surface area contributed by atoms with Gasteiger partial charge < -0.3 is 4.90 Å². The lowest BCUT2D eigenvalue weighted by atomic mass is 10.00. The molecule has 3 rings (SSSR count). The second-order valence-electron chi connectivity index (χ2n) is 6.56. The van der Waals surface area contributed by atoms with Crippen LogP contribution in [0.2, 0.25) is 0 Å². The Morgan fingerprint density at radius 3 is 2.80 bits per heavy atom. The second kappa shape index (κ2) is 7.99. The van der Waals surface area contributed by atoms with Crippen molar-refractivity contribution in [2.24, 2.45) is 0 Å². The highest BCUT2D eigenvalue weighted by Gasteiger charge is 2.30. The minimum Gasteiger partial charge on any atom is -0.339 e. The monoisotopic (exact) mass is 359 g/mol. The number of thioether (sulfide) groups is 1. The Labute approximate surface area is 153 Å². The number of aromatic nitrogens is 4. The summed E-state index contributed by atoms with van der Waals surface area (Å²) in [4.78, 5) is 15.0. The van der Waals surface area contributed by atoms with Crippen molar-refractivity contribution in [3.63, 3.8) is 0 Å². The van der Waals surface area contributed by atoms with Gasteiger partial charge in [0.25, 0.3) is 0 Å². The highest BCUT2D eigenvalue weighted by atomic mass is 32.2. The Morgan fingerprint density at radius 1 is 1.32 bits per heavy atom. The molecule has 2 aromatic rings. The summed E-state index contributed by atoms with van der Waals surface area (Å²) in [6.07, 6.45) is 4.45. The van der Waals surface area contributed by atoms with Gasteiger partial charge >= 0.3 is 0 Å².